The smallest absolute Gasteiger partial charge is 0.292 e. The summed E-state index contributed by atoms with van der Waals surface area (Å²) in [5.74, 6) is -1.16. The first-order valence-electron chi connectivity index (χ1n) is 7.75. The Kier molecular flexibility index (Phi) is 6.29. The summed E-state index contributed by atoms with van der Waals surface area (Å²) in [5.41, 5.74) is 1.46. The highest BCUT2D eigenvalue weighted by molar-refractivity contribution is 6.43. The summed E-state index contributed by atoms with van der Waals surface area (Å²) < 4.78 is 1.60. The monoisotopic (exact) mass is 309 g/mol. The van der Waals surface area contributed by atoms with Crippen LogP contribution in [0.3, 0.4) is 0 Å². The van der Waals surface area contributed by atoms with Crippen molar-refractivity contribution in [1.82, 2.24) is 15.1 Å². The maximum absolute atomic E-state index is 12.3. The zero-order chi connectivity index (χ0) is 16.9. The number of carbonyl (C=O) groups excluding carboxylic acids is 2. The SMILES string of the molecule is CCC(CC)(CCO)CNC(=O)C(=O)c1c(C)nn(C)c1C. The lowest BCUT2D eigenvalue weighted by Gasteiger charge is -2.31. The van der Waals surface area contributed by atoms with Gasteiger partial charge in [-0.2, -0.15) is 5.10 Å². The molecule has 0 unspecified atom stereocenters. The molecule has 1 rings (SSSR count). The van der Waals surface area contributed by atoms with E-state index in [1.807, 2.05) is 13.8 Å². The summed E-state index contributed by atoms with van der Waals surface area (Å²) in [4.78, 5) is 24.5. The van der Waals surface area contributed by atoms with Gasteiger partial charge in [-0.25, -0.2) is 0 Å². The molecular formula is C16H27N3O3. The van der Waals surface area contributed by atoms with E-state index in [0.717, 1.165) is 12.8 Å². The molecule has 0 spiro atoms. The summed E-state index contributed by atoms with van der Waals surface area (Å²) in [6, 6.07) is 0. The molecule has 6 nitrogen and oxygen atoms in total. The molecule has 124 valence electrons. The first-order valence-corrected chi connectivity index (χ1v) is 7.75. The van der Waals surface area contributed by atoms with E-state index in [1.165, 1.54) is 0 Å². The number of carbonyl (C=O) groups is 2. The molecule has 0 aliphatic carbocycles. The molecule has 0 fully saturated rings. The molecule has 0 aliphatic rings. The second kappa shape index (κ2) is 7.54. The number of aliphatic hydroxyl groups is 1. The molecule has 0 saturated heterocycles. The standard InChI is InChI=1S/C16H27N3O3/c1-6-16(7-2,8-9-20)10-17-15(22)14(21)13-11(3)18-19(5)12(13)4/h20H,6-10H2,1-5H3,(H,17,22). The third-order valence-corrected chi connectivity index (χ3v) is 4.71. The molecule has 0 radical (unpaired) electrons. The summed E-state index contributed by atoms with van der Waals surface area (Å²) >= 11 is 0. The quantitative estimate of drug-likeness (QED) is 0.563. The van der Waals surface area contributed by atoms with Crippen molar-refractivity contribution in [2.24, 2.45) is 12.5 Å². The average molecular weight is 309 g/mol. The minimum atomic E-state index is -0.608. The molecule has 0 aromatic carbocycles. The van der Waals surface area contributed by atoms with Gasteiger partial charge in [0.1, 0.15) is 0 Å². The zero-order valence-electron chi connectivity index (χ0n) is 14.2. The van der Waals surface area contributed by atoms with Crippen LogP contribution in [0.2, 0.25) is 0 Å². The Morgan fingerprint density at radius 1 is 1.27 bits per heavy atom. The molecule has 2 N–H and O–H groups in total. The molecule has 1 aromatic rings. The van der Waals surface area contributed by atoms with Crippen LogP contribution < -0.4 is 5.32 Å². The molecule has 6 heteroatoms. The Bertz CT molecular complexity index is 545. The van der Waals surface area contributed by atoms with Crippen LogP contribution >= 0.6 is 0 Å². The molecule has 1 amide bonds. The van der Waals surface area contributed by atoms with E-state index < -0.39 is 11.7 Å². The van der Waals surface area contributed by atoms with Gasteiger partial charge in [0.25, 0.3) is 11.7 Å². The molecule has 1 heterocycles. The van der Waals surface area contributed by atoms with Crippen molar-refractivity contribution in [2.45, 2.75) is 47.0 Å². The number of aromatic nitrogens is 2. The van der Waals surface area contributed by atoms with Gasteiger partial charge in [0.15, 0.2) is 0 Å². The van der Waals surface area contributed by atoms with Gasteiger partial charge in [-0.1, -0.05) is 13.8 Å². The number of amides is 1. The van der Waals surface area contributed by atoms with Gasteiger partial charge in [-0.15, -0.1) is 0 Å². The molecular weight excluding hydrogens is 282 g/mol. The fraction of sp³-hybridized carbons (Fsp3) is 0.688. The van der Waals surface area contributed by atoms with Crippen molar-refractivity contribution >= 4 is 11.7 Å². The van der Waals surface area contributed by atoms with Crippen molar-refractivity contribution in [3.63, 3.8) is 0 Å². The number of hydrogen-bond acceptors (Lipinski definition) is 4. The molecule has 1 aromatic heterocycles. The largest absolute Gasteiger partial charge is 0.396 e. The van der Waals surface area contributed by atoms with Gasteiger partial charge < -0.3 is 10.4 Å². The number of nitrogens with one attached hydrogen (secondary N) is 1. The highest BCUT2D eigenvalue weighted by atomic mass is 16.3. The highest BCUT2D eigenvalue weighted by Gasteiger charge is 2.29. The Morgan fingerprint density at radius 2 is 1.86 bits per heavy atom. The van der Waals surface area contributed by atoms with E-state index in [1.54, 1.807) is 25.6 Å². The van der Waals surface area contributed by atoms with Crippen LogP contribution in [-0.4, -0.2) is 39.7 Å². The van der Waals surface area contributed by atoms with Gasteiger partial charge in [-0.3, -0.25) is 14.3 Å². The van der Waals surface area contributed by atoms with Crippen LogP contribution in [0.5, 0.6) is 0 Å². The molecule has 0 bridgehead atoms. The van der Waals surface area contributed by atoms with Crippen LogP contribution in [0, 0.1) is 19.3 Å². The average Bonchev–Trinajstić information content (AvgIpc) is 2.75. The predicted molar refractivity (Wildman–Crippen MR) is 84.7 cm³/mol. The summed E-state index contributed by atoms with van der Waals surface area (Å²) in [5, 5.41) is 16.1. The van der Waals surface area contributed by atoms with Crippen molar-refractivity contribution in [3.05, 3.63) is 17.0 Å². The molecule has 0 aliphatic heterocycles. The van der Waals surface area contributed by atoms with E-state index in [-0.39, 0.29) is 12.0 Å². The van der Waals surface area contributed by atoms with E-state index in [4.69, 9.17) is 0 Å². The lowest BCUT2D eigenvalue weighted by molar-refractivity contribution is -0.117. The van der Waals surface area contributed by atoms with Crippen molar-refractivity contribution in [2.75, 3.05) is 13.2 Å². The molecule has 22 heavy (non-hydrogen) atoms. The summed E-state index contributed by atoms with van der Waals surface area (Å²) in [7, 11) is 1.75. The third kappa shape index (κ3) is 3.74. The van der Waals surface area contributed by atoms with Gasteiger partial charge in [0, 0.05) is 25.9 Å². The third-order valence-electron chi connectivity index (χ3n) is 4.71. The number of rotatable bonds is 8. The lowest BCUT2D eigenvalue weighted by Crippen LogP contribution is -2.40. The van der Waals surface area contributed by atoms with E-state index in [2.05, 4.69) is 10.4 Å². The van der Waals surface area contributed by atoms with E-state index in [0.29, 0.717) is 29.9 Å². The van der Waals surface area contributed by atoms with Crippen molar-refractivity contribution in [1.29, 1.82) is 0 Å². The van der Waals surface area contributed by atoms with Gasteiger partial charge in [0.05, 0.1) is 11.3 Å². The predicted octanol–water partition coefficient (Wildman–Crippen LogP) is 1.52. The van der Waals surface area contributed by atoms with E-state index >= 15 is 0 Å². The number of ketones is 1. The van der Waals surface area contributed by atoms with Crippen LogP contribution in [0.25, 0.3) is 0 Å². The Labute approximate surface area is 131 Å². The second-order valence-electron chi connectivity index (χ2n) is 5.86. The van der Waals surface area contributed by atoms with Crippen molar-refractivity contribution < 1.29 is 14.7 Å². The number of Topliss-reactive ketones (excluding diaryl/α,β-unsaturated/α-hetero) is 1. The zero-order valence-corrected chi connectivity index (χ0v) is 14.2. The van der Waals surface area contributed by atoms with Crippen LogP contribution in [0.15, 0.2) is 0 Å². The van der Waals surface area contributed by atoms with Gasteiger partial charge >= 0.3 is 0 Å². The first kappa shape index (κ1) is 18.4. The Morgan fingerprint density at radius 3 is 2.27 bits per heavy atom. The normalized spacial score (nSPS) is 11.5. The number of nitrogens with zero attached hydrogens (tertiary/aromatic N) is 2. The van der Waals surface area contributed by atoms with Crippen LogP contribution in [-0.2, 0) is 11.8 Å². The first-order chi connectivity index (χ1) is 10.3. The minimum absolute atomic E-state index is 0.0757. The highest BCUT2D eigenvalue weighted by Crippen LogP contribution is 2.29. The number of aliphatic hydroxyl groups excluding tert-OH is 1. The fourth-order valence-corrected chi connectivity index (χ4v) is 2.74. The van der Waals surface area contributed by atoms with Gasteiger partial charge in [-0.05, 0) is 38.5 Å². The summed E-state index contributed by atoms with van der Waals surface area (Å²) in [6.45, 7) is 8.03. The van der Waals surface area contributed by atoms with Crippen molar-refractivity contribution in [3.8, 4) is 0 Å². The maximum atomic E-state index is 12.3. The number of hydrogen-bond donors (Lipinski definition) is 2. The Hall–Kier alpha value is -1.69. The Balaban J connectivity index is 2.82. The summed E-state index contributed by atoms with van der Waals surface area (Å²) in [6.07, 6.45) is 2.28. The lowest BCUT2D eigenvalue weighted by atomic mass is 9.79. The van der Waals surface area contributed by atoms with Gasteiger partial charge in [0.2, 0.25) is 0 Å². The number of aryl methyl sites for hydroxylation is 2. The topological polar surface area (TPSA) is 84.2 Å². The van der Waals surface area contributed by atoms with Crippen LogP contribution in [0.4, 0.5) is 0 Å². The van der Waals surface area contributed by atoms with E-state index in [9.17, 15) is 14.7 Å². The second-order valence-corrected chi connectivity index (χ2v) is 5.86. The fourth-order valence-electron chi connectivity index (χ4n) is 2.74. The molecule has 0 saturated carbocycles. The molecule has 0 atom stereocenters. The minimum Gasteiger partial charge on any atom is -0.396 e. The van der Waals surface area contributed by atoms with Crippen LogP contribution in [0.1, 0.15) is 54.9 Å². The maximum Gasteiger partial charge on any atom is 0.292 e.